The van der Waals surface area contributed by atoms with Crippen molar-refractivity contribution < 1.29 is 23.3 Å². The van der Waals surface area contributed by atoms with Gasteiger partial charge >= 0.3 is 0 Å². The zero-order valence-electron chi connectivity index (χ0n) is 19.8. The van der Waals surface area contributed by atoms with Crippen LogP contribution in [0, 0.1) is 5.41 Å². The lowest BCUT2D eigenvalue weighted by Gasteiger charge is -2.33. The lowest BCUT2D eigenvalue weighted by Crippen LogP contribution is -2.33. The third kappa shape index (κ3) is 4.03. The summed E-state index contributed by atoms with van der Waals surface area (Å²) in [6, 6.07) is 12.5. The molecular weight excluding hydrogens is 434 g/mol. The van der Waals surface area contributed by atoms with Crippen LogP contribution >= 0.6 is 0 Å². The van der Waals surface area contributed by atoms with Crippen LogP contribution in [0.5, 0.6) is 0 Å². The van der Waals surface area contributed by atoms with Gasteiger partial charge in [-0.15, -0.1) is 0 Å². The van der Waals surface area contributed by atoms with Crippen LogP contribution < -0.4 is 5.32 Å². The second-order valence-electron chi connectivity index (χ2n) is 9.43. The van der Waals surface area contributed by atoms with Crippen LogP contribution in [-0.2, 0) is 9.59 Å². The van der Waals surface area contributed by atoms with Gasteiger partial charge in [-0.05, 0) is 41.3 Å². The van der Waals surface area contributed by atoms with E-state index in [9.17, 15) is 14.4 Å². The number of furan rings is 1. The van der Waals surface area contributed by atoms with Gasteiger partial charge in [0.25, 0.3) is 5.91 Å². The molecular formula is C26H27N3O5. The number of amides is 1. The number of allylic oxidation sites excluding steroid dienone is 2. The summed E-state index contributed by atoms with van der Waals surface area (Å²) in [6.07, 6.45) is 2.80. The van der Waals surface area contributed by atoms with Gasteiger partial charge in [0.15, 0.2) is 18.2 Å². The second kappa shape index (κ2) is 8.70. The third-order valence-electron chi connectivity index (χ3n) is 5.73. The van der Waals surface area contributed by atoms with Crippen molar-refractivity contribution in [2.24, 2.45) is 5.41 Å². The Morgan fingerprint density at radius 1 is 1.09 bits per heavy atom. The third-order valence-corrected chi connectivity index (χ3v) is 5.73. The first-order chi connectivity index (χ1) is 16.2. The molecule has 0 radical (unpaired) electrons. The number of para-hydroxylation sites is 1. The molecule has 2 heterocycles. The maximum atomic E-state index is 12.4. The number of aromatic nitrogens is 1. The first-order valence-electron chi connectivity index (χ1n) is 10.9. The molecule has 1 unspecified atom stereocenters. The molecule has 1 amide bonds. The number of aldehydes is 2. The molecule has 8 heteroatoms. The quantitative estimate of drug-likeness (QED) is 0.318. The Morgan fingerprint density at radius 3 is 2.50 bits per heavy atom. The summed E-state index contributed by atoms with van der Waals surface area (Å²) in [5, 5.41) is 4.20. The summed E-state index contributed by atoms with van der Waals surface area (Å²) in [4.78, 5) is 38.2. The number of carbonyl (C=O) groups excluding carboxylic acids is 3. The molecule has 0 aliphatic rings. The van der Waals surface area contributed by atoms with E-state index in [-0.39, 0.29) is 28.8 Å². The first-order valence-corrected chi connectivity index (χ1v) is 10.9. The van der Waals surface area contributed by atoms with Crippen LogP contribution in [0.2, 0.25) is 0 Å². The molecule has 8 nitrogen and oxygen atoms in total. The fraction of sp³-hybridized carbons (Fsp3) is 0.269. The molecule has 34 heavy (non-hydrogen) atoms. The zero-order valence-corrected chi connectivity index (χ0v) is 19.8. The van der Waals surface area contributed by atoms with Gasteiger partial charge in [-0.2, -0.15) is 4.74 Å². The lowest BCUT2D eigenvalue weighted by atomic mass is 9.82. The fourth-order valence-corrected chi connectivity index (χ4v) is 3.98. The van der Waals surface area contributed by atoms with Gasteiger partial charge in [-0.3, -0.25) is 14.4 Å². The van der Waals surface area contributed by atoms with E-state index in [0.717, 1.165) is 16.5 Å². The van der Waals surface area contributed by atoms with Crippen LogP contribution in [0.4, 0.5) is 0 Å². The molecule has 0 aliphatic heterocycles. The molecule has 0 bridgehead atoms. The molecule has 0 spiro atoms. The number of nitrogens with one attached hydrogen (secondary N) is 1. The molecule has 176 valence electrons. The van der Waals surface area contributed by atoms with Crippen molar-refractivity contribution in [3.05, 3.63) is 65.6 Å². The van der Waals surface area contributed by atoms with Gasteiger partial charge in [0.2, 0.25) is 0 Å². The van der Waals surface area contributed by atoms with E-state index in [1.807, 2.05) is 45.0 Å². The number of hydrogen-bond donors (Lipinski definition) is 1. The van der Waals surface area contributed by atoms with E-state index in [1.54, 1.807) is 38.6 Å². The van der Waals surface area contributed by atoms with Gasteiger partial charge in [-0.25, -0.2) is 0 Å². The van der Waals surface area contributed by atoms with E-state index >= 15 is 0 Å². The van der Waals surface area contributed by atoms with Crippen molar-refractivity contribution in [3.8, 4) is 0 Å². The molecule has 1 atom stereocenters. The van der Waals surface area contributed by atoms with E-state index in [1.165, 1.54) is 9.64 Å². The van der Waals surface area contributed by atoms with Gasteiger partial charge in [0, 0.05) is 19.5 Å². The van der Waals surface area contributed by atoms with Crippen molar-refractivity contribution >= 4 is 46.2 Å². The predicted molar refractivity (Wildman–Crippen MR) is 129 cm³/mol. The highest BCUT2D eigenvalue weighted by atomic mass is 16.5. The number of nitrogens with zero attached hydrogens (tertiary/aromatic N) is 2. The van der Waals surface area contributed by atoms with Crippen molar-refractivity contribution in [2.75, 3.05) is 14.1 Å². The van der Waals surface area contributed by atoms with Gasteiger partial charge in [0.05, 0.1) is 17.9 Å². The highest BCUT2D eigenvalue weighted by molar-refractivity contribution is 6.10. The summed E-state index contributed by atoms with van der Waals surface area (Å²) in [7, 11) is 3.30. The number of benzene rings is 2. The SMILES string of the molecule is CN(C)C(=O)c1cccc2c1on2/C(C=O)=C(/C=O)NC(c1ccc2occc2c1)C(C)(C)C. The Kier molecular flexibility index (Phi) is 5.91. The summed E-state index contributed by atoms with van der Waals surface area (Å²) in [5.41, 5.74) is 2.78. The molecule has 0 aliphatic carbocycles. The largest absolute Gasteiger partial charge is 0.464 e. The number of carbonyl (C=O) groups is 3. The maximum Gasteiger partial charge on any atom is 0.257 e. The summed E-state index contributed by atoms with van der Waals surface area (Å²) in [5.74, 6) is -0.218. The summed E-state index contributed by atoms with van der Waals surface area (Å²) >= 11 is 0. The van der Waals surface area contributed by atoms with E-state index in [4.69, 9.17) is 8.94 Å². The molecule has 2 aromatic heterocycles. The van der Waals surface area contributed by atoms with Crippen molar-refractivity contribution in [3.63, 3.8) is 0 Å². The molecule has 0 fully saturated rings. The highest BCUT2D eigenvalue weighted by Crippen LogP contribution is 2.36. The van der Waals surface area contributed by atoms with Gasteiger partial charge in [-0.1, -0.05) is 32.9 Å². The molecule has 4 aromatic rings. The van der Waals surface area contributed by atoms with Crippen molar-refractivity contribution in [1.82, 2.24) is 15.0 Å². The lowest BCUT2D eigenvalue weighted by molar-refractivity contribution is -0.106. The number of hydrogen-bond acceptors (Lipinski definition) is 6. The number of fused-ring (bicyclic) bond motifs is 2. The highest BCUT2D eigenvalue weighted by Gasteiger charge is 2.29. The predicted octanol–water partition coefficient (Wildman–Crippen LogP) is 4.63. The normalized spacial score (nSPS) is 13.6. The molecule has 0 saturated carbocycles. The van der Waals surface area contributed by atoms with Crippen LogP contribution in [0.15, 0.2) is 63.4 Å². The second-order valence-corrected chi connectivity index (χ2v) is 9.43. The molecule has 1 N–H and O–H groups in total. The summed E-state index contributed by atoms with van der Waals surface area (Å²) < 4.78 is 12.4. The standard InChI is InChI=1S/C26H27N3O5/c1-26(2,3)24(17-9-10-22-16(13-17)11-12-33-22)27-19(14-30)21(15-31)29-20-8-6-7-18(23(20)34-29)25(32)28(4)5/h6-15,24,27H,1-5H3/b21-19-. The zero-order chi connectivity index (χ0) is 24.6. The minimum absolute atomic E-state index is 0.0237. The Bertz CT molecular complexity index is 1410. The Labute approximate surface area is 196 Å². The van der Waals surface area contributed by atoms with E-state index in [2.05, 4.69) is 5.32 Å². The summed E-state index contributed by atoms with van der Waals surface area (Å²) in [6.45, 7) is 6.13. The van der Waals surface area contributed by atoms with Gasteiger partial charge < -0.3 is 19.2 Å². The average molecular weight is 462 g/mol. The maximum absolute atomic E-state index is 12.4. The topological polar surface area (TPSA) is 97.7 Å². The van der Waals surface area contributed by atoms with E-state index in [0.29, 0.717) is 29.2 Å². The van der Waals surface area contributed by atoms with Gasteiger partial charge in [0.1, 0.15) is 22.5 Å². The average Bonchev–Trinajstić information content (AvgIpc) is 3.25. The van der Waals surface area contributed by atoms with Crippen molar-refractivity contribution in [2.45, 2.75) is 26.8 Å². The monoisotopic (exact) mass is 461 g/mol. The van der Waals surface area contributed by atoms with Crippen LogP contribution in [0.1, 0.15) is 42.7 Å². The van der Waals surface area contributed by atoms with Crippen LogP contribution in [0.25, 0.3) is 27.8 Å². The Balaban J connectivity index is 1.77. The smallest absolute Gasteiger partial charge is 0.257 e. The Hall–Kier alpha value is -4.07. The minimum Gasteiger partial charge on any atom is -0.464 e. The Morgan fingerprint density at radius 2 is 1.85 bits per heavy atom. The van der Waals surface area contributed by atoms with Crippen LogP contribution in [0.3, 0.4) is 0 Å². The van der Waals surface area contributed by atoms with Crippen molar-refractivity contribution in [1.29, 1.82) is 0 Å². The number of rotatable bonds is 7. The molecule has 2 aromatic carbocycles. The fourth-order valence-electron chi connectivity index (χ4n) is 3.98. The van der Waals surface area contributed by atoms with Crippen LogP contribution in [-0.4, -0.2) is 42.2 Å². The first kappa shape index (κ1) is 23.1. The molecule has 0 saturated heterocycles. The molecule has 4 rings (SSSR count). The van der Waals surface area contributed by atoms with E-state index < -0.39 is 0 Å². The minimum atomic E-state index is -0.307.